The topological polar surface area (TPSA) is 91.8 Å². The molecule has 0 aliphatic heterocycles. The van der Waals surface area contributed by atoms with Crippen LogP contribution in [0.5, 0.6) is 5.88 Å². The van der Waals surface area contributed by atoms with E-state index in [0.29, 0.717) is 11.4 Å². The van der Waals surface area contributed by atoms with Crippen molar-refractivity contribution < 1.29 is 19.4 Å². The fourth-order valence-electron chi connectivity index (χ4n) is 1.75. The van der Waals surface area contributed by atoms with Crippen LogP contribution in [0.3, 0.4) is 0 Å². The molecule has 0 radical (unpaired) electrons. The minimum atomic E-state index is -0.968. The van der Waals surface area contributed by atoms with Crippen LogP contribution in [-0.4, -0.2) is 35.2 Å². The van der Waals surface area contributed by atoms with Crippen LogP contribution in [-0.2, 0) is 4.79 Å². The molecule has 23 heavy (non-hydrogen) atoms. The lowest BCUT2D eigenvalue weighted by Gasteiger charge is -2.16. The van der Waals surface area contributed by atoms with Crippen LogP contribution >= 0.6 is 0 Å². The molecular weight excluding hydrogens is 298 g/mol. The number of hydrogen-bond acceptors (Lipinski definition) is 5. The van der Waals surface area contributed by atoms with E-state index in [9.17, 15) is 9.59 Å². The number of carboxylic acids is 1. The summed E-state index contributed by atoms with van der Waals surface area (Å²) in [4.78, 5) is 28.1. The zero-order chi connectivity index (χ0) is 16.8. The third-order valence-electron chi connectivity index (χ3n) is 3.10. The van der Waals surface area contributed by atoms with Crippen molar-refractivity contribution in [1.82, 2.24) is 4.98 Å². The smallest absolute Gasteiger partial charge is 0.420 e. The van der Waals surface area contributed by atoms with Crippen LogP contribution in [0.2, 0.25) is 0 Å². The van der Waals surface area contributed by atoms with E-state index >= 15 is 0 Å². The maximum Gasteiger partial charge on any atom is 0.420 e. The number of carbonyl (C=O) groups is 2. The van der Waals surface area contributed by atoms with E-state index in [0.717, 1.165) is 0 Å². The van der Waals surface area contributed by atoms with Gasteiger partial charge in [-0.2, -0.15) is 0 Å². The van der Waals surface area contributed by atoms with Crippen LogP contribution in [0, 0.1) is 0 Å². The highest BCUT2D eigenvalue weighted by atomic mass is 16.6. The fourth-order valence-corrected chi connectivity index (χ4v) is 1.75. The van der Waals surface area contributed by atoms with E-state index in [1.807, 2.05) is 18.2 Å². The van der Waals surface area contributed by atoms with Crippen molar-refractivity contribution in [2.45, 2.75) is 13.0 Å². The number of carbonyl (C=O) groups excluding carboxylic acids is 1. The number of carboxylic acid groups (broad SMARTS) is 1. The third-order valence-corrected chi connectivity index (χ3v) is 3.10. The van der Waals surface area contributed by atoms with E-state index < -0.39 is 18.1 Å². The first-order valence-corrected chi connectivity index (χ1v) is 6.93. The van der Waals surface area contributed by atoms with Crippen LogP contribution in [0.1, 0.15) is 6.92 Å². The molecule has 1 amide bonds. The van der Waals surface area contributed by atoms with E-state index in [4.69, 9.17) is 9.84 Å². The Morgan fingerprint density at radius 2 is 1.91 bits per heavy atom. The van der Waals surface area contributed by atoms with E-state index in [1.54, 1.807) is 25.2 Å². The molecule has 0 saturated carbocycles. The predicted octanol–water partition coefficient (Wildman–Crippen LogP) is 2.60. The van der Waals surface area contributed by atoms with Gasteiger partial charge in [0.25, 0.3) is 0 Å². The standard InChI is InChI=1S/C16H17N3O4/c1-11(15(20)21)18-12-8-9-14(17-10-12)23-16(22)19(2)13-6-4-3-5-7-13/h3-11,18H,1-2H3,(H,20,21). The van der Waals surface area contributed by atoms with Gasteiger partial charge >= 0.3 is 12.1 Å². The zero-order valence-corrected chi connectivity index (χ0v) is 12.8. The molecule has 0 spiro atoms. The lowest BCUT2D eigenvalue weighted by Crippen LogP contribution is -2.29. The van der Waals surface area contributed by atoms with Crippen molar-refractivity contribution in [3.63, 3.8) is 0 Å². The average Bonchev–Trinajstić information content (AvgIpc) is 2.56. The van der Waals surface area contributed by atoms with Gasteiger partial charge in [0.2, 0.25) is 5.88 Å². The van der Waals surface area contributed by atoms with Crippen molar-refractivity contribution in [3.8, 4) is 5.88 Å². The Labute approximate surface area is 133 Å². The van der Waals surface area contributed by atoms with Gasteiger partial charge in [0.05, 0.1) is 11.9 Å². The van der Waals surface area contributed by atoms with Gasteiger partial charge in [0.1, 0.15) is 6.04 Å². The molecule has 1 heterocycles. The molecule has 1 aromatic heterocycles. The van der Waals surface area contributed by atoms with Gasteiger partial charge in [-0.3, -0.25) is 9.69 Å². The van der Waals surface area contributed by atoms with Crippen LogP contribution in [0.25, 0.3) is 0 Å². The summed E-state index contributed by atoms with van der Waals surface area (Å²) in [6.07, 6.45) is 0.841. The van der Waals surface area contributed by atoms with E-state index in [-0.39, 0.29) is 5.88 Å². The molecule has 7 heteroatoms. The summed E-state index contributed by atoms with van der Waals surface area (Å²) < 4.78 is 5.17. The quantitative estimate of drug-likeness (QED) is 0.881. The first kappa shape index (κ1) is 16.3. The molecule has 1 aromatic carbocycles. The van der Waals surface area contributed by atoms with Crippen molar-refractivity contribution in [2.24, 2.45) is 0 Å². The van der Waals surface area contributed by atoms with E-state index in [1.165, 1.54) is 24.1 Å². The Bertz CT molecular complexity index is 673. The highest BCUT2D eigenvalue weighted by molar-refractivity contribution is 5.88. The Morgan fingerprint density at radius 1 is 1.22 bits per heavy atom. The number of hydrogen-bond donors (Lipinski definition) is 2. The van der Waals surface area contributed by atoms with Crippen LogP contribution in [0.15, 0.2) is 48.7 Å². The molecular formula is C16H17N3O4. The lowest BCUT2D eigenvalue weighted by molar-refractivity contribution is -0.137. The molecule has 2 N–H and O–H groups in total. The molecule has 0 bridgehead atoms. The predicted molar refractivity (Wildman–Crippen MR) is 85.8 cm³/mol. The van der Waals surface area contributed by atoms with Gasteiger partial charge in [-0.15, -0.1) is 0 Å². The summed E-state index contributed by atoms with van der Waals surface area (Å²) in [7, 11) is 1.60. The Kier molecular flexibility index (Phi) is 5.14. The molecule has 1 atom stereocenters. The second kappa shape index (κ2) is 7.26. The summed E-state index contributed by atoms with van der Waals surface area (Å²) in [6, 6.07) is 11.4. The number of pyridine rings is 1. The number of ether oxygens (including phenoxy) is 1. The number of amides is 1. The highest BCUT2D eigenvalue weighted by Crippen LogP contribution is 2.16. The summed E-state index contributed by atoms with van der Waals surface area (Å²) in [5, 5.41) is 11.6. The minimum absolute atomic E-state index is 0.131. The maximum absolute atomic E-state index is 12.0. The summed E-state index contributed by atoms with van der Waals surface area (Å²) in [5.74, 6) is -0.837. The van der Waals surface area contributed by atoms with Crippen molar-refractivity contribution in [3.05, 3.63) is 48.7 Å². The Morgan fingerprint density at radius 3 is 2.48 bits per heavy atom. The van der Waals surface area contributed by atoms with Crippen LogP contribution < -0.4 is 15.0 Å². The summed E-state index contributed by atoms with van der Waals surface area (Å²) in [6.45, 7) is 1.52. The van der Waals surface area contributed by atoms with Gasteiger partial charge in [0.15, 0.2) is 0 Å². The van der Waals surface area contributed by atoms with E-state index in [2.05, 4.69) is 10.3 Å². The molecule has 1 unspecified atom stereocenters. The van der Waals surface area contributed by atoms with Gasteiger partial charge < -0.3 is 15.2 Å². The molecule has 0 aliphatic rings. The van der Waals surface area contributed by atoms with Crippen molar-refractivity contribution in [1.29, 1.82) is 0 Å². The molecule has 2 aromatic rings. The zero-order valence-electron chi connectivity index (χ0n) is 12.8. The number of rotatable bonds is 5. The minimum Gasteiger partial charge on any atom is -0.480 e. The summed E-state index contributed by atoms with van der Waals surface area (Å²) >= 11 is 0. The molecule has 0 fully saturated rings. The van der Waals surface area contributed by atoms with Gasteiger partial charge in [-0.1, -0.05) is 18.2 Å². The molecule has 0 saturated heterocycles. The molecule has 120 valence electrons. The molecule has 7 nitrogen and oxygen atoms in total. The first-order valence-electron chi connectivity index (χ1n) is 6.93. The first-order chi connectivity index (χ1) is 11.0. The third kappa shape index (κ3) is 4.44. The SMILES string of the molecule is CC(Nc1ccc(OC(=O)N(C)c2ccccc2)nc1)C(=O)O. The number of anilines is 2. The number of benzene rings is 1. The average molecular weight is 315 g/mol. The van der Waals surface area contributed by atoms with Crippen molar-refractivity contribution in [2.75, 3.05) is 17.3 Å². The van der Waals surface area contributed by atoms with Gasteiger partial charge in [0, 0.05) is 18.8 Å². The largest absolute Gasteiger partial charge is 0.480 e. The number of aliphatic carboxylic acids is 1. The second-order valence-corrected chi connectivity index (χ2v) is 4.85. The second-order valence-electron chi connectivity index (χ2n) is 4.85. The maximum atomic E-state index is 12.0. The molecule has 2 rings (SSSR count). The van der Waals surface area contributed by atoms with Gasteiger partial charge in [-0.25, -0.2) is 9.78 Å². The highest BCUT2D eigenvalue weighted by Gasteiger charge is 2.14. The Balaban J connectivity index is 1.98. The number of nitrogens with zero attached hydrogens (tertiary/aromatic N) is 2. The normalized spacial score (nSPS) is 11.4. The Hall–Kier alpha value is -3.09. The number of aromatic nitrogens is 1. The summed E-state index contributed by atoms with van der Waals surface area (Å²) in [5.41, 5.74) is 1.22. The molecule has 0 aliphatic carbocycles. The van der Waals surface area contributed by atoms with Gasteiger partial charge in [-0.05, 0) is 25.1 Å². The fraction of sp³-hybridized carbons (Fsp3) is 0.188. The van der Waals surface area contributed by atoms with Crippen LogP contribution in [0.4, 0.5) is 16.2 Å². The lowest BCUT2D eigenvalue weighted by atomic mass is 10.3. The number of nitrogens with one attached hydrogen (secondary N) is 1. The number of para-hydroxylation sites is 1. The monoisotopic (exact) mass is 315 g/mol. The van der Waals surface area contributed by atoms with Crippen molar-refractivity contribution >= 4 is 23.4 Å².